The number of nitrogens with one attached hydrogen (secondary N) is 1. The maximum atomic E-state index is 12.7. The van der Waals surface area contributed by atoms with Crippen molar-refractivity contribution in [3.8, 4) is 5.75 Å². The first kappa shape index (κ1) is 24.0. The molecule has 33 heavy (non-hydrogen) atoms. The van der Waals surface area contributed by atoms with Gasteiger partial charge in [-0.15, -0.1) is 0 Å². The molecule has 1 fully saturated rings. The highest BCUT2D eigenvalue weighted by atomic mass is 16.5. The number of aromatic nitrogens is 1. The van der Waals surface area contributed by atoms with Crippen LogP contribution in [0.3, 0.4) is 0 Å². The third-order valence-corrected chi connectivity index (χ3v) is 5.51. The summed E-state index contributed by atoms with van der Waals surface area (Å²) in [6.45, 7) is 4.59. The van der Waals surface area contributed by atoms with Crippen LogP contribution >= 0.6 is 0 Å². The summed E-state index contributed by atoms with van der Waals surface area (Å²) in [5, 5.41) is 2.79. The number of rotatable bonds is 7. The van der Waals surface area contributed by atoms with Gasteiger partial charge in [-0.2, -0.15) is 0 Å². The molecule has 0 aliphatic carbocycles. The predicted octanol–water partition coefficient (Wildman–Crippen LogP) is 0.946. The van der Waals surface area contributed by atoms with Crippen LogP contribution in [0.5, 0.6) is 5.75 Å². The first-order valence-electron chi connectivity index (χ1n) is 10.5. The van der Waals surface area contributed by atoms with E-state index < -0.39 is 5.97 Å². The van der Waals surface area contributed by atoms with Crippen LogP contribution in [0.4, 0.5) is 5.69 Å². The Labute approximate surface area is 191 Å². The van der Waals surface area contributed by atoms with Gasteiger partial charge < -0.3 is 24.3 Å². The highest BCUT2D eigenvalue weighted by molar-refractivity contribution is 5.93. The van der Waals surface area contributed by atoms with Crippen molar-refractivity contribution in [2.75, 3.05) is 45.7 Å². The Balaban J connectivity index is 1.72. The second-order valence-corrected chi connectivity index (χ2v) is 7.72. The molecular weight excluding hydrogens is 428 g/mol. The zero-order chi connectivity index (χ0) is 24.0. The number of benzene rings is 1. The smallest absolute Gasteiger partial charge is 0.337 e. The lowest BCUT2D eigenvalue weighted by molar-refractivity contribution is -0.130. The van der Waals surface area contributed by atoms with Gasteiger partial charge in [0.2, 0.25) is 17.2 Å². The molecule has 2 aromatic rings. The van der Waals surface area contributed by atoms with Crippen LogP contribution in [0.2, 0.25) is 0 Å². The quantitative estimate of drug-likeness (QED) is 0.618. The summed E-state index contributed by atoms with van der Waals surface area (Å²) >= 11 is 0. The fraction of sp³-hybridized carbons (Fsp3) is 0.391. The maximum Gasteiger partial charge on any atom is 0.337 e. The lowest BCUT2D eigenvalue weighted by Gasteiger charge is -2.34. The number of piperazine rings is 1. The van der Waals surface area contributed by atoms with E-state index in [0.717, 1.165) is 0 Å². The Bertz CT molecular complexity index is 1070. The van der Waals surface area contributed by atoms with E-state index in [1.165, 1.54) is 26.5 Å². The molecule has 1 saturated heterocycles. The minimum Gasteiger partial charge on any atom is -0.491 e. The summed E-state index contributed by atoms with van der Waals surface area (Å²) < 4.78 is 11.5. The third kappa shape index (κ3) is 6.19. The summed E-state index contributed by atoms with van der Waals surface area (Å²) in [4.78, 5) is 52.1. The van der Waals surface area contributed by atoms with Gasteiger partial charge in [0.25, 0.3) is 0 Å². The highest BCUT2D eigenvalue weighted by Crippen LogP contribution is 2.14. The number of ether oxygens (including phenoxy) is 2. The minimum absolute atomic E-state index is 0.0296. The van der Waals surface area contributed by atoms with Gasteiger partial charge in [-0.1, -0.05) is 0 Å². The Kier molecular flexibility index (Phi) is 7.83. The van der Waals surface area contributed by atoms with E-state index in [1.807, 2.05) is 0 Å². The molecule has 10 heteroatoms. The number of nitrogens with zero attached hydrogens (tertiary/aromatic N) is 3. The summed E-state index contributed by atoms with van der Waals surface area (Å²) in [5.41, 5.74) is 1.33. The Morgan fingerprint density at radius 1 is 1.03 bits per heavy atom. The number of methoxy groups -OCH3 is 2. The first-order valence-corrected chi connectivity index (χ1v) is 10.5. The molecule has 1 aliphatic rings. The van der Waals surface area contributed by atoms with Crippen molar-refractivity contribution in [1.29, 1.82) is 0 Å². The number of amides is 2. The fourth-order valence-electron chi connectivity index (χ4n) is 3.64. The molecule has 2 heterocycles. The second-order valence-electron chi connectivity index (χ2n) is 7.72. The van der Waals surface area contributed by atoms with Crippen molar-refractivity contribution in [3.05, 3.63) is 58.0 Å². The largest absolute Gasteiger partial charge is 0.491 e. The predicted molar refractivity (Wildman–Crippen MR) is 121 cm³/mol. The molecule has 0 bridgehead atoms. The first-order chi connectivity index (χ1) is 15.8. The Morgan fingerprint density at radius 3 is 2.27 bits per heavy atom. The highest BCUT2D eigenvalue weighted by Gasteiger charge is 2.20. The fourth-order valence-corrected chi connectivity index (χ4v) is 3.64. The molecule has 1 aromatic carbocycles. The molecule has 0 radical (unpaired) electrons. The van der Waals surface area contributed by atoms with Gasteiger partial charge in [0.15, 0.2) is 5.75 Å². The standard InChI is InChI=1S/C23H28N4O6/c1-16(28)26-10-8-25(9-11-26)13-19-12-20(29)21(32-2)14-27(19)15-22(30)24-18-6-4-17(5-7-18)23(31)33-3/h4-7,12,14H,8-11,13,15H2,1-3H3,(H,24,30). The van der Waals surface area contributed by atoms with Crippen LogP contribution in [0.15, 0.2) is 41.3 Å². The van der Waals surface area contributed by atoms with E-state index >= 15 is 0 Å². The van der Waals surface area contributed by atoms with Crippen LogP contribution < -0.4 is 15.5 Å². The molecule has 0 spiro atoms. The zero-order valence-corrected chi connectivity index (χ0v) is 19.0. The molecule has 1 N–H and O–H groups in total. The van der Waals surface area contributed by atoms with Gasteiger partial charge in [0.05, 0.1) is 26.0 Å². The van der Waals surface area contributed by atoms with Gasteiger partial charge in [0, 0.05) is 57.1 Å². The normalized spacial score (nSPS) is 14.0. The molecule has 1 aliphatic heterocycles. The monoisotopic (exact) mass is 456 g/mol. The molecule has 176 valence electrons. The number of hydrogen-bond acceptors (Lipinski definition) is 7. The second kappa shape index (κ2) is 10.8. The van der Waals surface area contributed by atoms with Crippen LogP contribution in [-0.4, -0.2) is 72.5 Å². The van der Waals surface area contributed by atoms with Crippen molar-refractivity contribution in [2.45, 2.75) is 20.0 Å². The molecule has 2 amide bonds. The van der Waals surface area contributed by atoms with Gasteiger partial charge >= 0.3 is 5.97 Å². The van der Waals surface area contributed by atoms with E-state index in [1.54, 1.807) is 40.7 Å². The van der Waals surface area contributed by atoms with Crippen molar-refractivity contribution in [2.24, 2.45) is 0 Å². The molecule has 0 atom stereocenters. The average molecular weight is 456 g/mol. The minimum atomic E-state index is -0.456. The summed E-state index contributed by atoms with van der Waals surface area (Å²) in [5.74, 6) is -0.557. The summed E-state index contributed by atoms with van der Waals surface area (Å²) in [6, 6.07) is 7.84. The van der Waals surface area contributed by atoms with E-state index in [2.05, 4.69) is 15.0 Å². The van der Waals surface area contributed by atoms with Gasteiger partial charge in [-0.25, -0.2) is 4.79 Å². The van der Waals surface area contributed by atoms with Gasteiger partial charge in [0.1, 0.15) is 6.54 Å². The number of anilines is 1. The van der Waals surface area contributed by atoms with E-state index in [4.69, 9.17) is 4.74 Å². The number of esters is 1. The van der Waals surface area contributed by atoms with E-state index in [0.29, 0.717) is 49.7 Å². The topological polar surface area (TPSA) is 110 Å². The van der Waals surface area contributed by atoms with E-state index in [9.17, 15) is 19.2 Å². The van der Waals surface area contributed by atoms with Crippen LogP contribution in [0, 0.1) is 0 Å². The van der Waals surface area contributed by atoms with Gasteiger partial charge in [-0.05, 0) is 24.3 Å². The summed E-state index contributed by atoms with van der Waals surface area (Å²) in [6.07, 6.45) is 1.53. The van der Waals surface area contributed by atoms with Crippen LogP contribution in [-0.2, 0) is 27.4 Å². The molecule has 10 nitrogen and oxygen atoms in total. The molecule has 0 saturated carbocycles. The van der Waals surface area contributed by atoms with Crippen molar-refractivity contribution in [3.63, 3.8) is 0 Å². The number of carbonyl (C=O) groups excluding carboxylic acids is 3. The van der Waals surface area contributed by atoms with Gasteiger partial charge in [-0.3, -0.25) is 19.3 Å². The molecule has 3 rings (SSSR count). The number of carbonyl (C=O) groups is 3. The maximum absolute atomic E-state index is 12.7. The van der Waals surface area contributed by atoms with E-state index in [-0.39, 0.29) is 29.5 Å². The Morgan fingerprint density at radius 2 is 1.70 bits per heavy atom. The summed E-state index contributed by atoms with van der Waals surface area (Å²) in [7, 11) is 2.71. The lowest BCUT2D eigenvalue weighted by atomic mass is 10.2. The zero-order valence-electron chi connectivity index (χ0n) is 19.0. The third-order valence-electron chi connectivity index (χ3n) is 5.51. The number of hydrogen-bond donors (Lipinski definition) is 1. The van der Waals surface area contributed by atoms with Crippen molar-refractivity contribution >= 4 is 23.5 Å². The van der Waals surface area contributed by atoms with Crippen LogP contribution in [0.25, 0.3) is 0 Å². The molecule has 1 aromatic heterocycles. The van der Waals surface area contributed by atoms with Crippen molar-refractivity contribution < 1.29 is 23.9 Å². The molecule has 0 unspecified atom stereocenters. The van der Waals surface area contributed by atoms with Crippen LogP contribution in [0.1, 0.15) is 23.0 Å². The Hall–Kier alpha value is -3.66. The lowest BCUT2D eigenvalue weighted by Crippen LogP contribution is -2.47. The molecular formula is C23H28N4O6. The SMILES string of the molecule is COC(=O)c1ccc(NC(=O)Cn2cc(OC)c(=O)cc2CN2CCN(C(C)=O)CC2)cc1. The number of pyridine rings is 1. The average Bonchev–Trinajstić information content (AvgIpc) is 2.81. The van der Waals surface area contributed by atoms with Crippen molar-refractivity contribution in [1.82, 2.24) is 14.4 Å².